The molecule has 1 aliphatic rings. The van der Waals surface area contributed by atoms with Crippen molar-refractivity contribution in [3.63, 3.8) is 0 Å². The zero-order valence-electron chi connectivity index (χ0n) is 14.2. The molecule has 3 rings (SSSR count). The van der Waals surface area contributed by atoms with Crippen molar-refractivity contribution in [1.29, 1.82) is 5.26 Å². The topological polar surface area (TPSA) is 102 Å². The summed E-state index contributed by atoms with van der Waals surface area (Å²) in [6.07, 6.45) is 0. The number of ether oxygens (including phenoxy) is 1. The summed E-state index contributed by atoms with van der Waals surface area (Å²) >= 11 is 0. The third-order valence-corrected chi connectivity index (χ3v) is 4.15. The van der Waals surface area contributed by atoms with Gasteiger partial charge in [0.15, 0.2) is 11.5 Å². The van der Waals surface area contributed by atoms with Gasteiger partial charge in [0.2, 0.25) is 5.88 Å². The molecule has 2 heterocycles. The molecule has 1 aromatic carbocycles. The highest BCUT2D eigenvalue weighted by Crippen LogP contribution is 2.39. The zero-order valence-corrected chi connectivity index (χ0v) is 14.2. The number of benzene rings is 1. The average Bonchev–Trinajstić information content (AvgIpc) is 3.04. The average molecular weight is 335 g/mol. The summed E-state index contributed by atoms with van der Waals surface area (Å²) < 4.78 is 10.8. The van der Waals surface area contributed by atoms with Gasteiger partial charge in [-0.05, 0) is 20.8 Å². The van der Waals surface area contributed by atoms with Crippen molar-refractivity contribution in [3.05, 3.63) is 64.4 Å². The summed E-state index contributed by atoms with van der Waals surface area (Å²) in [6, 6.07) is 11.5. The number of allylic oxidation sites excluding steroid dienone is 3. The number of carbonyl (C=O) groups excluding carboxylic acids is 1. The number of Topliss-reactive ketones (excluding diaryl/α,β-unsaturated/α-hetero) is 1. The van der Waals surface area contributed by atoms with Crippen molar-refractivity contribution in [2.24, 2.45) is 5.73 Å². The van der Waals surface area contributed by atoms with Gasteiger partial charge in [-0.25, -0.2) is 0 Å². The van der Waals surface area contributed by atoms with Crippen LogP contribution in [0, 0.1) is 18.3 Å². The van der Waals surface area contributed by atoms with E-state index in [0.717, 1.165) is 11.1 Å². The van der Waals surface area contributed by atoms with Crippen molar-refractivity contribution in [1.82, 2.24) is 5.16 Å². The number of nitrogens with zero attached hydrogens (tertiary/aromatic N) is 2. The van der Waals surface area contributed by atoms with E-state index in [1.165, 1.54) is 6.92 Å². The van der Waals surface area contributed by atoms with Gasteiger partial charge in [0.05, 0.1) is 11.6 Å². The highest BCUT2D eigenvalue weighted by molar-refractivity contribution is 5.96. The summed E-state index contributed by atoms with van der Waals surface area (Å²) in [6.45, 7) is 5.06. The Kier molecular flexibility index (Phi) is 4.15. The lowest BCUT2D eigenvalue weighted by Crippen LogP contribution is -2.23. The number of aryl methyl sites for hydroxylation is 1. The summed E-state index contributed by atoms with van der Waals surface area (Å²) in [7, 11) is 0. The molecular formula is C19H17N3O3. The van der Waals surface area contributed by atoms with Gasteiger partial charge in [-0.3, -0.25) is 4.79 Å². The number of hydrogen-bond donors (Lipinski definition) is 1. The molecule has 0 saturated carbocycles. The van der Waals surface area contributed by atoms with Crippen LogP contribution in [-0.4, -0.2) is 10.9 Å². The second-order valence-corrected chi connectivity index (χ2v) is 5.93. The van der Waals surface area contributed by atoms with E-state index in [0.29, 0.717) is 22.8 Å². The van der Waals surface area contributed by atoms with E-state index in [1.54, 1.807) is 13.0 Å². The minimum absolute atomic E-state index is 0.0186. The van der Waals surface area contributed by atoms with Crippen LogP contribution in [0.3, 0.4) is 0 Å². The maximum Gasteiger partial charge on any atom is 0.205 e. The second-order valence-electron chi connectivity index (χ2n) is 5.93. The fourth-order valence-electron chi connectivity index (χ4n) is 2.91. The molecule has 1 aliphatic heterocycles. The van der Waals surface area contributed by atoms with Crippen LogP contribution in [0.5, 0.6) is 0 Å². The highest BCUT2D eigenvalue weighted by Gasteiger charge is 2.35. The van der Waals surface area contributed by atoms with Crippen molar-refractivity contribution in [2.75, 3.05) is 0 Å². The molecule has 6 nitrogen and oxygen atoms in total. The van der Waals surface area contributed by atoms with Gasteiger partial charge in [0, 0.05) is 17.2 Å². The van der Waals surface area contributed by atoms with Gasteiger partial charge in [0.25, 0.3) is 0 Å². The zero-order chi connectivity index (χ0) is 18.1. The quantitative estimate of drug-likeness (QED) is 0.923. The monoisotopic (exact) mass is 335 g/mol. The Labute approximate surface area is 145 Å². The lowest BCUT2D eigenvalue weighted by Gasteiger charge is -2.24. The van der Waals surface area contributed by atoms with Crippen LogP contribution >= 0.6 is 0 Å². The molecule has 126 valence electrons. The number of nitriles is 1. The maximum atomic E-state index is 12.1. The Balaban J connectivity index is 2.09. The van der Waals surface area contributed by atoms with E-state index in [1.807, 2.05) is 37.3 Å². The molecule has 0 amide bonds. The molecule has 0 saturated heterocycles. The smallest absolute Gasteiger partial charge is 0.205 e. The van der Waals surface area contributed by atoms with Gasteiger partial charge in [-0.1, -0.05) is 35.0 Å². The Morgan fingerprint density at radius 3 is 2.56 bits per heavy atom. The molecule has 2 N–H and O–H groups in total. The first kappa shape index (κ1) is 16.5. The minimum Gasteiger partial charge on any atom is -0.445 e. The molecule has 25 heavy (non-hydrogen) atoms. The minimum atomic E-state index is -0.695. The van der Waals surface area contributed by atoms with Crippen LogP contribution in [0.1, 0.15) is 31.0 Å². The van der Waals surface area contributed by atoms with Crippen LogP contribution in [0.15, 0.2) is 57.6 Å². The van der Waals surface area contributed by atoms with Crippen molar-refractivity contribution < 1.29 is 14.1 Å². The molecule has 1 atom stereocenters. The van der Waals surface area contributed by atoms with E-state index in [2.05, 4.69) is 5.16 Å². The molecule has 2 aromatic rings. The Morgan fingerprint density at radius 2 is 1.96 bits per heavy atom. The van der Waals surface area contributed by atoms with Gasteiger partial charge in [-0.15, -0.1) is 0 Å². The Morgan fingerprint density at radius 1 is 1.28 bits per heavy atom. The van der Waals surface area contributed by atoms with Crippen LogP contribution in [-0.2, 0) is 9.53 Å². The van der Waals surface area contributed by atoms with E-state index < -0.39 is 5.92 Å². The molecule has 0 bridgehead atoms. The lowest BCUT2D eigenvalue weighted by molar-refractivity contribution is -0.114. The maximum absolute atomic E-state index is 12.1. The number of nitrogens with two attached hydrogens (primary N) is 1. The van der Waals surface area contributed by atoms with E-state index in [4.69, 9.17) is 15.0 Å². The summed E-state index contributed by atoms with van der Waals surface area (Å²) in [5.41, 5.74) is 8.78. The predicted octanol–water partition coefficient (Wildman–Crippen LogP) is 3.32. The SMILES string of the molecule is CC(=O)C1=C(C)OC(N)=C(C#N)C1c1cc(-c2ccc(C)cc2)on1. The summed E-state index contributed by atoms with van der Waals surface area (Å²) in [5.74, 6) is 0.00325. The molecule has 0 spiro atoms. The van der Waals surface area contributed by atoms with Gasteiger partial charge in [0.1, 0.15) is 17.4 Å². The lowest BCUT2D eigenvalue weighted by atomic mass is 9.84. The molecule has 1 unspecified atom stereocenters. The number of aromatic nitrogens is 1. The first-order valence-electron chi connectivity index (χ1n) is 7.75. The van der Waals surface area contributed by atoms with Crippen LogP contribution in [0.25, 0.3) is 11.3 Å². The van der Waals surface area contributed by atoms with Crippen molar-refractivity contribution in [3.8, 4) is 17.4 Å². The number of ketones is 1. The summed E-state index contributed by atoms with van der Waals surface area (Å²) in [4.78, 5) is 12.1. The van der Waals surface area contributed by atoms with Gasteiger partial charge in [-0.2, -0.15) is 5.26 Å². The number of rotatable bonds is 3. The molecule has 0 aliphatic carbocycles. The number of carbonyl (C=O) groups is 1. The summed E-state index contributed by atoms with van der Waals surface area (Å²) in [5, 5.41) is 13.6. The number of hydrogen-bond acceptors (Lipinski definition) is 6. The molecule has 0 radical (unpaired) electrons. The van der Waals surface area contributed by atoms with Crippen molar-refractivity contribution in [2.45, 2.75) is 26.7 Å². The Hall–Kier alpha value is -3.33. The fourth-order valence-corrected chi connectivity index (χ4v) is 2.91. The Bertz CT molecular complexity index is 943. The van der Waals surface area contributed by atoms with E-state index in [9.17, 15) is 10.1 Å². The molecule has 0 fully saturated rings. The highest BCUT2D eigenvalue weighted by atomic mass is 16.5. The third kappa shape index (κ3) is 2.92. The van der Waals surface area contributed by atoms with Crippen LogP contribution in [0.2, 0.25) is 0 Å². The molecular weight excluding hydrogens is 318 g/mol. The van der Waals surface area contributed by atoms with Crippen LogP contribution in [0.4, 0.5) is 0 Å². The van der Waals surface area contributed by atoms with E-state index >= 15 is 0 Å². The molecule has 6 heteroatoms. The van der Waals surface area contributed by atoms with E-state index in [-0.39, 0.29) is 17.2 Å². The first-order chi connectivity index (χ1) is 11.9. The fraction of sp³-hybridized carbons (Fsp3) is 0.211. The largest absolute Gasteiger partial charge is 0.445 e. The third-order valence-electron chi connectivity index (χ3n) is 4.15. The predicted molar refractivity (Wildman–Crippen MR) is 90.7 cm³/mol. The van der Waals surface area contributed by atoms with Gasteiger partial charge < -0.3 is 15.0 Å². The molecule has 1 aromatic heterocycles. The van der Waals surface area contributed by atoms with Gasteiger partial charge >= 0.3 is 0 Å². The van der Waals surface area contributed by atoms with Crippen molar-refractivity contribution >= 4 is 5.78 Å². The normalized spacial score (nSPS) is 17.3. The standard InChI is InChI=1S/C19H17N3O3/c1-10-4-6-13(7-5-10)16-8-15(22-25-16)18-14(9-20)19(21)24-12(3)17(18)11(2)23/h4-8,18H,21H2,1-3H3. The second kappa shape index (κ2) is 6.29. The first-order valence-corrected chi connectivity index (χ1v) is 7.75. The van der Waals surface area contributed by atoms with Crippen LogP contribution < -0.4 is 5.73 Å².